The fraction of sp³-hybridized carbons (Fsp3) is 0.333. The second kappa shape index (κ2) is 6.85. The van der Waals surface area contributed by atoms with E-state index in [1.54, 1.807) is 18.2 Å². The lowest BCUT2D eigenvalue weighted by Crippen LogP contribution is -2.54. The third kappa shape index (κ3) is 3.26. The normalized spacial score (nSPS) is 18.2. The van der Waals surface area contributed by atoms with E-state index in [0.29, 0.717) is 16.3 Å². The molecule has 1 aliphatic heterocycles. The van der Waals surface area contributed by atoms with Gasteiger partial charge in [-0.25, -0.2) is 8.42 Å². The van der Waals surface area contributed by atoms with Crippen LogP contribution >= 0.6 is 11.3 Å². The molecule has 8 heteroatoms. The topological polar surface area (TPSA) is 83.6 Å². The Morgan fingerprint density at radius 2 is 2.08 bits per heavy atom. The monoisotopic (exact) mass is 392 g/mol. The van der Waals surface area contributed by atoms with Gasteiger partial charge < -0.3 is 5.32 Å². The molecule has 0 saturated heterocycles. The van der Waals surface area contributed by atoms with Crippen molar-refractivity contribution in [3.8, 4) is 0 Å². The maximum Gasteiger partial charge on any atom is 0.269 e. The van der Waals surface area contributed by atoms with E-state index in [9.17, 15) is 18.0 Å². The molecule has 2 aromatic rings. The molecule has 6 nitrogen and oxygen atoms in total. The van der Waals surface area contributed by atoms with Crippen LogP contribution in [0.3, 0.4) is 0 Å². The number of hydrogen-bond acceptors (Lipinski definition) is 5. The first-order valence-electron chi connectivity index (χ1n) is 8.26. The van der Waals surface area contributed by atoms with Gasteiger partial charge in [0, 0.05) is 6.26 Å². The SMILES string of the molecule is CC[C@H](C)[C@H]1C(=O)Nc2cc(S(C)(=O)=O)ccc2N1C(=O)c1cccs1. The summed E-state index contributed by atoms with van der Waals surface area (Å²) in [7, 11) is -3.42. The van der Waals surface area contributed by atoms with E-state index in [4.69, 9.17) is 0 Å². The first kappa shape index (κ1) is 18.6. The van der Waals surface area contributed by atoms with E-state index in [1.807, 2.05) is 19.2 Å². The van der Waals surface area contributed by atoms with Gasteiger partial charge >= 0.3 is 0 Å². The number of hydrogen-bond donors (Lipinski definition) is 1. The van der Waals surface area contributed by atoms with Crippen LogP contribution in [0.2, 0.25) is 0 Å². The Bertz CT molecular complexity index is 952. The quantitative estimate of drug-likeness (QED) is 0.866. The average Bonchev–Trinajstić information content (AvgIpc) is 3.12. The van der Waals surface area contributed by atoms with Gasteiger partial charge in [0.1, 0.15) is 6.04 Å². The number of fused-ring (bicyclic) bond motifs is 1. The van der Waals surface area contributed by atoms with Crippen molar-refractivity contribution in [3.63, 3.8) is 0 Å². The number of carbonyl (C=O) groups excluding carboxylic acids is 2. The molecule has 138 valence electrons. The molecule has 1 aromatic carbocycles. The van der Waals surface area contributed by atoms with Crippen LogP contribution < -0.4 is 10.2 Å². The molecule has 1 aliphatic rings. The van der Waals surface area contributed by atoms with E-state index < -0.39 is 15.9 Å². The number of sulfone groups is 1. The van der Waals surface area contributed by atoms with Gasteiger partial charge in [0.05, 0.1) is 21.1 Å². The molecule has 0 saturated carbocycles. The summed E-state index contributed by atoms with van der Waals surface area (Å²) in [6.45, 7) is 3.89. The largest absolute Gasteiger partial charge is 0.322 e. The predicted octanol–water partition coefficient (Wildman–Crippen LogP) is 3.17. The highest BCUT2D eigenvalue weighted by Gasteiger charge is 2.40. The molecule has 0 radical (unpaired) electrons. The average molecular weight is 393 g/mol. The molecule has 0 unspecified atom stereocenters. The molecule has 26 heavy (non-hydrogen) atoms. The lowest BCUT2D eigenvalue weighted by molar-refractivity contribution is -0.118. The summed E-state index contributed by atoms with van der Waals surface area (Å²) >= 11 is 1.31. The Labute approximate surface area is 156 Å². The van der Waals surface area contributed by atoms with Gasteiger partial charge in [0.25, 0.3) is 5.91 Å². The number of anilines is 2. The van der Waals surface area contributed by atoms with Crippen molar-refractivity contribution >= 4 is 44.4 Å². The Balaban J connectivity index is 2.16. The number of carbonyl (C=O) groups is 2. The number of nitrogens with one attached hydrogen (secondary N) is 1. The second-order valence-electron chi connectivity index (χ2n) is 6.42. The zero-order valence-corrected chi connectivity index (χ0v) is 16.4. The molecule has 2 heterocycles. The maximum atomic E-state index is 13.1. The minimum Gasteiger partial charge on any atom is -0.322 e. The first-order chi connectivity index (χ1) is 12.2. The van der Waals surface area contributed by atoms with Crippen LogP contribution in [0.25, 0.3) is 0 Å². The van der Waals surface area contributed by atoms with Crippen LogP contribution in [0.15, 0.2) is 40.6 Å². The Kier molecular flexibility index (Phi) is 4.90. The molecule has 2 amide bonds. The Morgan fingerprint density at radius 3 is 2.65 bits per heavy atom. The van der Waals surface area contributed by atoms with Gasteiger partial charge in [-0.2, -0.15) is 0 Å². The predicted molar refractivity (Wildman–Crippen MR) is 103 cm³/mol. The summed E-state index contributed by atoms with van der Waals surface area (Å²) in [5.74, 6) is -0.613. The van der Waals surface area contributed by atoms with Crippen LogP contribution in [0.1, 0.15) is 29.9 Å². The summed E-state index contributed by atoms with van der Waals surface area (Å²) in [5.41, 5.74) is 0.850. The van der Waals surface area contributed by atoms with Crippen LogP contribution in [0.5, 0.6) is 0 Å². The van der Waals surface area contributed by atoms with Crippen LogP contribution in [0, 0.1) is 5.92 Å². The minimum atomic E-state index is -3.42. The molecule has 1 N–H and O–H groups in total. The van der Waals surface area contributed by atoms with Crippen molar-refractivity contribution in [2.45, 2.75) is 31.2 Å². The van der Waals surface area contributed by atoms with Gasteiger partial charge in [-0.15, -0.1) is 11.3 Å². The smallest absolute Gasteiger partial charge is 0.269 e. The molecule has 0 fully saturated rings. The number of rotatable bonds is 4. The molecule has 3 rings (SSSR count). The second-order valence-corrected chi connectivity index (χ2v) is 9.39. The van der Waals surface area contributed by atoms with Gasteiger partial charge in [-0.3, -0.25) is 14.5 Å². The molecule has 0 aliphatic carbocycles. The number of amides is 2. The molecule has 0 spiro atoms. The highest BCUT2D eigenvalue weighted by molar-refractivity contribution is 7.90. The van der Waals surface area contributed by atoms with E-state index >= 15 is 0 Å². The summed E-state index contributed by atoms with van der Waals surface area (Å²) in [4.78, 5) is 28.0. The van der Waals surface area contributed by atoms with E-state index in [2.05, 4.69) is 5.32 Å². The highest BCUT2D eigenvalue weighted by Crippen LogP contribution is 2.38. The van der Waals surface area contributed by atoms with Gasteiger partial charge in [-0.05, 0) is 35.6 Å². The van der Waals surface area contributed by atoms with Gasteiger partial charge in [0.2, 0.25) is 5.91 Å². The van der Waals surface area contributed by atoms with E-state index in [0.717, 1.165) is 12.7 Å². The van der Waals surface area contributed by atoms with Crippen molar-refractivity contribution in [1.82, 2.24) is 0 Å². The number of thiophene rings is 1. The Morgan fingerprint density at radius 1 is 1.35 bits per heavy atom. The third-order valence-corrected chi connectivity index (χ3v) is 6.56. The van der Waals surface area contributed by atoms with Gasteiger partial charge in [-0.1, -0.05) is 26.3 Å². The molecule has 2 atom stereocenters. The van der Waals surface area contributed by atoms with Crippen molar-refractivity contribution in [2.75, 3.05) is 16.5 Å². The first-order valence-corrected chi connectivity index (χ1v) is 11.0. The standard InChI is InChI=1S/C18H20N2O4S2/c1-4-11(2)16-17(21)19-13-10-12(26(3,23)24)7-8-14(13)20(16)18(22)15-6-5-9-25-15/h5-11,16H,4H2,1-3H3,(H,19,21)/t11-,16-/m0/s1. The summed E-state index contributed by atoms with van der Waals surface area (Å²) in [6, 6.07) is 7.32. The van der Waals surface area contributed by atoms with E-state index in [1.165, 1.54) is 28.4 Å². The zero-order chi connectivity index (χ0) is 19.1. The number of benzene rings is 1. The minimum absolute atomic E-state index is 0.0540. The van der Waals surface area contributed by atoms with Gasteiger partial charge in [0.15, 0.2) is 9.84 Å². The highest BCUT2D eigenvalue weighted by atomic mass is 32.2. The van der Waals surface area contributed by atoms with Crippen LogP contribution in [0.4, 0.5) is 11.4 Å². The Hall–Kier alpha value is -2.19. The van der Waals surface area contributed by atoms with Crippen LogP contribution in [-0.4, -0.2) is 32.5 Å². The fourth-order valence-electron chi connectivity index (χ4n) is 3.02. The van der Waals surface area contributed by atoms with Crippen LogP contribution in [-0.2, 0) is 14.6 Å². The molecule has 0 bridgehead atoms. The van der Waals surface area contributed by atoms with Crippen molar-refractivity contribution < 1.29 is 18.0 Å². The molecule has 1 aromatic heterocycles. The maximum absolute atomic E-state index is 13.1. The summed E-state index contributed by atoms with van der Waals surface area (Å²) < 4.78 is 23.7. The van der Waals surface area contributed by atoms with Crippen molar-refractivity contribution in [2.24, 2.45) is 5.92 Å². The van der Waals surface area contributed by atoms with Crippen molar-refractivity contribution in [1.29, 1.82) is 0 Å². The third-order valence-electron chi connectivity index (χ3n) is 4.59. The summed E-state index contributed by atoms with van der Waals surface area (Å²) in [6.07, 6.45) is 1.83. The lowest BCUT2D eigenvalue weighted by Gasteiger charge is -2.39. The van der Waals surface area contributed by atoms with E-state index in [-0.39, 0.29) is 22.6 Å². The van der Waals surface area contributed by atoms with Crippen molar-refractivity contribution in [3.05, 3.63) is 40.6 Å². The zero-order valence-electron chi connectivity index (χ0n) is 14.7. The molecular formula is C18H20N2O4S2. The molecular weight excluding hydrogens is 372 g/mol. The lowest BCUT2D eigenvalue weighted by atomic mass is 9.93. The number of nitrogens with zero attached hydrogens (tertiary/aromatic N) is 1. The fourth-order valence-corrected chi connectivity index (χ4v) is 4.33. The summed E-state index contributed by atoms with van der Waals surface area (Å²) in [5, 5.41) is 4.58.